The molecule has 0 rings (SSSR count). The van der Waals surface area contributed by atoms with Gasteiger partial charge < -0.3 is 0 Å². The Hall–Kier alpha value is 0.603. The second-order valence-electron chi connectivity index (χ2n) is 6.42. The maximum absolute atomic E-state index is 14.2. The Kier molecular flexibility index (Phi) is 8.54. The second-order valence-corrected chi connectivity index (χ2v) is 17.9. The van der Waals surface area contributed by atoms with Crippen LogP contribution in [0.25, 0.3) is 0 Å². The summed E-state index contributed by atoms with van der Waals surface area (Å²) in [5.74, 6) is 0. The van der Waals surface area contributed by atoms with E-state index in [2.05, 4.69) is 41.5 Å². The molecule has 0 N–H and O–H groups in total. The van der Waals surface area contributed by atoms with Crippen molar-refractivity contribution < 1.29 is 28.1 Å². The zero-order chi connectivity index (χ0) is 16.0. The normalized spacial score (nSPS) is 19.4. The average molecular weight is 368 g/mol. The third-order valence-corrected chi connectivity index (χ3v) is 20.0. The van der Waals surface area contributed by atoms with Gasteiger partial charge in [-0.05, 0) is 0 Å². The molecule has 0 aromatic rings. The van der Waals surface area contributed by atoms with Crippen molar-refractivity contribution in [2.75, 3.05) is 0 Å². The Labute approximate surface area is 128 Å². The van der Waals surface area contributed by atoms with Crippen molar-refractivity contribution in [1.82, 2.24) is 0 Å². The van der Waals surface area contributed by atoms with Crippen molar-refractivity contribution in [3.63, 3.8) is 0 Å². The van der Waals surface area contributed by atoms with Crippen molar-refractivity contribution in [2.45, 2.75) is 101 Å². The number of hydrogen-bond donors (Lipinski definition) is 0. The van der Waals surface area contributed by atoms with Gasteiger partial charge in [-0.3, -0.25) is 0 Å². The molecule has 0 aromatic carbocycles. The minimum atomic E-state index is -4.98. The van der Waals surface area contributed by atoms with Crippen molar-refractivity contribution in [2.24, 2.45) is 0 Å². The van der Waals surface area contributed by atoms with Crippen LogP contribution in [0.3, 0.4) is 0 Å². The standard InChI is InChI=1S/2C4H9O.2C4H9.O.Zr/c2*1-3-4(2)5;2*1-3-4-2;;/h2*4H,3H2,1-2H3;2*3H,4H2,1-2H3;;/q2*-1;;;;+2. The molecule has 0 aliphatic rings. The molecule has 0 aromatic heterocycles. The van der Waals surface area contributed by atoms with E-state index in [4.69, 9.17) is 5.63 Å². The predicted molar refractivity (Wildman–Crippen MR) is 81.8 cm³/mol. The first-order valence-electron chi connectivity index (χ1n) is 8.43. The predicted octanol–water partition coefficient (Wildman–Crippen LogP) is 5.92. The van der Waals surface area contributed by atoms with Crippen LogP contribution in [0, 0.1) is 0 Å². The van der Waals surface area contributed by atoms with E-state index in [1.165, 1.54) is 0 Å². The van der Waals surface area contributed by atoms with E-state index in [1.54, 1.807) is 0 Å². The molecule has 0 aliphatic heterocycles. The molecule has 0 saturated heterocycles. The van der Waals surface area contributed by atoms with Crippen molar-refractivity contribution in [3.05, 3.63) is 0 Å². The van der Waals surface area contributed by atoms with Gasteiger partial charge in [-0.25, -0.2) is 0 Å². The maximum atomic E-state index is 14.2. The molecule has 4 unspecified atom stereocenters. The molecule has 0 bridgehead atoms. The zero-order valence-corrected chi connectivity index (χ0v) is 17.3. The van der Waals surface area contributed by atoms with Crippen LogP contribution in [0.4, 0.5) is 0 Å². The van der Waals surface area contributed by atoms with Crippen LogP contribution >= 0.6 is 0 Å². The summed E-state index contributed by atoms with van der Waals surface area (Å²) < 4.78 is 26.8. The third kappa shape index (κ3) is 4.30. The summed E-state index contributed by atoms with van der Waals surface area (Å²) in [6.07, 6.45) is 3.39. The van der Waals surface area contributed by atoms with E-state index >= 15 is 0 Å². The summed E-state index contributed by atoms with van der Waals surface area (Å²) in [7, 11) is 0. The molecular formula is C16H36O3Zr. The van der Waals surface area contributed by atoms with Gasteiger partial charge in [0.25, 0.3) is 0 Å². The monoisotopic (exact) mass is 366 g/mol. The van der Waals surface area contributed by atoms with Crippen molar-refractivity contribution in [1.29, 1.82) is 0 Å². The Morgan fingerprint density at radius 3 is 1.20 bits per heavy atom. The van der Waals surface area contributed by atoms with Crippen LogP contribution < -0.4 is 0 Å². The van der Waals surface area contributed by atoms with E-state index in [0.29, 0.717) is 0 Å². The summed E-state index contributed by atoms with van der Waals surface area (Å²) in [5, 5.41) is 0. The van der Waals surface area contributed by atoms with Crippen LogP contribution in [-0.2, 0) is 28.1 Å². The van der Waals surface area contributed by atoms with E-state index < -0.39 is 19.7 Å². The molecule has 0 aliphatic carbocycles. The quantitative estimate of drug-likeness (QED) is 0.481. The van der Waals surface area contributed by atoms with Crippen LogP contribution in [0.5, 0.6) is 0 Å². The first-order valence-corrected chi connectivity index (χ1v) is 14.3. The molecule has 4 heteroatoms. The Morgan fingerprint density at radius 1 is 0.700 bits per heavy atom. The fourth-order valence-corrected chi connectivity index (χ4v) is 15.8. The molecule has 0 spiro atoms. The van der Waals surface area contributed by atoms with Gasteiger partial charge in [0.1, 0.15) is 0 Å². The average Bonchev–Trinajstić information content (AvgIpc) is 2.44. The summed E-state index contributed by atoms with van der Waals surface area (Å²) in [6, 6.07) is 0. The van der Waals surface area contributed by atoms with Crippen LogP contribution in [0.2, 0.25) is 7.25 Å². The second kappa shape index (κ2) is 8.29. The van der Waals surface area contributed by atoms with Crippen LogP contribution in [-0.4, -0.2) is 12.2 Å². The molecule has 122 valence electrons. The Bertz CT molecular complexity index is 309. The van der Waals surface area contributed by atoms with Gasteiger partial charge in [0.15, 0.2) is 0 Å². The summed E-state index contributed by atoms with van der Waals surface area (Å²) >= 11 is -4.98. The molecule has 0 saturated carbocycles. The Balaban J connectivity index is 5.83. The molecule has 4 atom stereocenters. The first kappa shape index (κ1) is 20.6. The molecule has 0 radical (unpaired) electrons. The number of rotatable bonds is 10. The van der Waals surface area contributed by atoms with E-state index in [1.807, 2.05) is 13.8 Å². The van der Waals surface area contributed by atoms with Gasteiger partial charge in [-0.2, -0.15) is 0 Å². The molecule has 3 nitrogen and oxygen atoms in total. The zero-order valence-electron chi connectivity index (χ0n) is 14.9. The molecule has 0 fully saturated rings. The van der Waals surface area contributed by atoms with E-state index in [-0.39, 0.29) is 19.5 Å². The Morgan fingerprint density at radius 2 is 1.00 bits per heavy atom. The van der Waals surface area contributed by atoms with Gasteiger partial charge >= 0.3 is 129 Å². The van der Waals surface area contributed by atoms with Crippen LogP contribution in [0.15, 0.2) is 0 Å². The van der Waals surface area contributed by atoms with Gasteiger partial charge in [0.2, 0.25) is 0 Å². The topological polar surface area (TPSA) is 35.5 Å². The molecule has 20 heavy (non-hydrogen) atoms. The fraction of sp³-hybridized carbons (Fsp3) is 1.00. The molecular weight excluding hydrogens is 331 g/mol. The van der Waals surface area contributed by atoms with Gasteiger partial charge in [0, 0.05) is 0 Å². The molecule has 0 amide bonds. The number of hydrogen-bond acceptors (Lipinski definition) is 3. The van der Waals surface area contributed by atoms with Crippen LogP contribution in [0.1, 0.15) is 81.1 Å². The molecule has 0 heterocycles. The summed E-state index contributed by atoms with van der Waals surface area (Å²) in [4.78, 5) is 0. The summed E-state index contributed by atoms with van der Waals surface area (Å²) in [6.45, 7) is 16.4. The van der Waals surface area contributed by atoms with Gasteiger partial charge in [-0.1, -0.05) is 0 Å². The van der Waals surface area contributed by atoms with Gasteiger partial charge in [-0.15, -0.1) is 0 Å². The van der Waals surface area contributed by atoms with Crippen molar-refractivity contribution >= 4 is 0 Å². The first-order chi connectivity index (χ1) is 9.18. The van der Waals surface area contributed by atoms with E-state index in [0.717, 1.165) is 25.7 Å². The van der Waals surface area contributed by atoms with Crippen molar-refractivity contribution in [3.8, 4) is 0 Å². The van der Waals surface area contributed by atoms with E-state index in [9.17, 15) is 2.81 Å². The van der Waals surface area contributed by atoms with Gasteiger partial charge in [0.05, 0.1) is 0 Å². The fourth-order valence-electron chi connectivity index (χ4n) is 2.67. The summed E-state index contributed by atoms with van der Waals surface area (Å²) in [5.41, 5.74) is 0. The third-order valence-electron chi connectivity index (χ3n) is 5.02. The SMILES string of the molecule is CCC(C)[O][Zr](=[O])([O]C(C)CC)([CH](C)CC)[CH](C)CC. The minimum absolute atomic E-state index is 0.00869.